The Kier molecular flexibility index (Phi) is 3.35. The van der Waals surface area contributed by atoms with Crippen molar-refractivity contribution in [2.45, 2.75) is 12.6 Å². The first kappa shape index (κ1) is 13.6. The molecule has 2 N–H and O–H groups in total. The monoisotopic (exact) mass is 286 g/mol. The number of carbonyl (C=O) groups is 1. The second-order valence-electron chi connectivity index (χ2n) is 5.12. The molecule has 21 heavy (non-hydrogen) atoms. The third-order valence-electron chi connectivity index (χ3n) is 3.59. The highest BCUT2D eigenvalue weighted by Crippen LogP contribution is 2.35. The molecule has 0 aliphatic carbocycles. The fourth-order valence-electron chi connectivity index (χ4n) is 2.49. The maximum absolute atomic E-state index is 14.2. The molecule has 2 aromatic carbocycles. The summed E-state index contributed by atoms with van der Waals surface area (Å²) in [6.07, 6.45) is -1.29. The lowest BCUT2D eigenvalue weighted by Crippen LogP contribution is -2.17. The van der Waals surface area contributed by atoms with Crippen molar-refractivity contribution in [3.8, 4) is 0 Å². The van der Waals surface area contributed by atoms with Crippen molar-refractivity contribution in [2.75, 3.05) is 17.3 Å². The number of amides is 1. The summed E-state index contributed by atoms with van der Waals surface area (Å²) in [5, 5.41) is 12.2. The smallest absolute Gasteiger partial charge is 0.257 e. The van der Waals surface area contributed by atoms with E-state index < -0.39 is 17.8 Å². The van der Waals surface area contributed by atoms with Crippen LogP contribution < -0.4 is 10.2 Å². The van der Waals surface area contributed by atoms with Crippen LogP contribution in [0.25, 0.3) is 0 Å². The number of nitrogens with zero attached hydrogens (tertiary/aromatic N) is 1. The molecule has 1 aliphatic heterocycles. The molecule has 0 radical (unpaired) electrons. The highest BCUT2D eigenvalue weighted by atomic mass is 19.1. The minimum absolute atomic E-state index is 0.286. The molecule has 1 atom stereocenters. The molecule has 1 heterocycles. The first-order valence-electron chi connectivity index (χ1n) is 6.63. The summed E-state index contributed by atoms with van der Waals surface area (Å²) in [6, 6.07) is 12.5. The fourth-order valence-corrected chi connectivity index (χ4v) is 2.49. The van der Waals surface area contributed by atoms with E-state index in [2.05, 4.69) is 5.32 Å². The van der Waals surface area contributed by atoms with Crippen molar-refractivity contribution in [2.24, 2.45) is 0 Å². The Bertz CT molecular complexity index is 688. The van der Waals surface area contributed by atoms with Gasteiger partial charge in [0.25, 0.3) is 5.91 Å². The Hall–Kier alpha value is -2.40. The number of carbonyl (C=O) groups excluding carboxylic acids is 1. The van der Waals surface area contributed by atoms with Crippen LogP contribution in [0, 0.1) is 5.82 Å². The van der Waals surface area contributed by atoms with Gasteiger partial charge < -0.3 is 15.3 Å². The Morgan fingerprint density at radius 3 is 2.71 bits per heavy atom. The summed E-state index contributed by atoms with van der Waals surface area (Å²) in [7, 11) is 1.78. The highest BCUT2D eigenvalue weighted by molar-refractivity contribution is 6.02. The number of anilines is 2. The van der Waals surface area contributed by atoms with Crippen LogP contribution in [0.4, 0.5) is 15.8 Å². The third kappa shape index (κ3) is 2.48. The maximum atomic E-state index is 14.2. The van der Waals surface area contributed by atoms with Gasteiger partial charge in [-0.3, -0.25) is 4.79 Å². The molecule has 0 bridgehead atoms. The lowest BCUT2D eigenvalue weighted by molar-refractivity contribution is -0.123. The van der Waals surface area contributed by atoms with Gasteiger partial charge in [0.05, 0.1) is 5.69 Å². The molecule has 1 amide bonds. The lowest BCUT2D eigenvalue weighted by atomic mass is 10.1. The number of fused-ring (bicyclic) bond motifs is 1. The minimum atomic E-state index is -1.29. The molecular weight excluding hydrogens is 271 g/mol. The van der Waals surface area contributed by atoms with Crippen molar-refractivity contribution in [3.05, 3.63) is 59.4 Å². The first-order valence-corrected chi connectivity index (χ1v) is 6.63. The number of rotatable bonds is 3. The quantitative estimate of drug-likeness (QED) is 0.911. The number of aliphatic hydroxyl groups excluding tert-OH is 1. The number of aliphatic hydroxyl groups is 1. The van der Waals surface area contributed by atoms with E-state index in [0.717, 1.165) is 5.56 Å². The van der Waals surface area contributed by atoms with Crippen LogP contribution in [0.3, 0.4) is 0 Å². The summed E-state index contributed by atoms with van der Waals surface area (Å²) in [5.41, 5.74) is 2.19. The SMILES string of the molecule is CN(Cc1ccccc1)c1cc2c(cc1F)C(O)C(=O)N2. The second-order valence-corrected chi connectivity index (χ2v) is 5.12. The van der Waals surface area contributed by atoms with E-state index in [-0.39, 0.29) is 5.56 Å². The number of benzene rings is 2. The summed E-state index contributed by atoms with van der Waals surface area (Å²) in [5.74, 6) is -0.977. The Labute approximate surface area is 121 Å². The van der Waals surface area contributed by atoms with E-state index in [1.54, 1.807) is 18.0 Å². The zero-order chi connectivity index (χ0) is 15.0. The van der Waals surface area contributed by atoms with Crippen LogP contribution >= 0.6 is 0 Å². The molecule has 1 aliphatic rings. The van der Waals surface area contributed by atoms with E-state index in [1.165, 1.54) is 6.07 Å². The van der Waals surface area contributed by atoms with Gasteiger partial charge in [-0.25, -0.2) is 4.39 Å². The van der Waals surface area contributed by atoms with Crippen LogP contribution in [0.15, 0.2) is 42.5 Å². The van der Waals surface area contributed by atoms with Crippen LogP contribution in [0.2, 0.25) is 0 Å². The summed E-state index contributed by atoms with van der Waals surface area (Å²) < 4.78 is 14.2. The molecule has 0 saturated heterocycles. The number of nitrogens with one attached hydrogen (secondary N) is 1. The van der Waals surface area contributed by atoms with Crippen LogP contribution in [0.5, 0.6) is 0 Å². The van der Waals surface area contributed by atoms with E-state index in [1.807, 2.05) is 30.3 Å². The molecule has 0 saturated carbocycles. The maximum Gasteiger partial charge on any atom is 0.257 e. The van der Waals surface area contributed by atoms with Crippen molar-refractivity contribution >= 4 is 17.3 Å². The van der Waals surface area contributed by atoms with Crippen LogP contribution in [-0.4, -0.2) is 18.1 Å². The van der Waals surface area contributed by atoms with Gasteiger partial charge in [0, 0.05) is 24.8 Å². The average Bonchev–Trinajstić information content (AvgIpc) is 2.74. The molecule has 0 fully saturated rings. The Morgan fingerprint density at radius 1 is 1.29 bits per heavy atom. The molecule has 2 aromatic rings. The topological polar surface area (TPSA) is 52.6 Å². The third-order valence-corrected chi connectivity index (χ3v) is 3.59. The number of hydrogen-bond donors (Lipinski definition) is 2. The number of hydrogen-bond acceptors (Lipinski definition) is 3. The average molecular weight is 286 g/mol. The normalized spacial score (nSPS) is 16.5. The van der Waals surface area contributed by atoms with E-state index in [9.17, 15) is 14.3 Å². The van der Waals surface area contributed by atoms with E-state index in [0.29, 0.717) is 17.9 Å². The van der Waals surface area contributed by atoms with Crippen LogP contribution in [-0.2, 0) is 11.3 Å². The zero-order valence-corrected chi connectivity index (χ0v) is 11.5. The molecule has 108 valence electrons. The molecule has 0 aromatic heterocycles. The van der Waals surface area contributed by atoms with Gasteiger partial charge in [0.1, 0.15) is 5.82 Å². The van der Waals surface area contributed by atoms with Gasteiger partial charge >= 0.3 is 0 Å². The molecule has 0 spiro atoms. The molecule has 4 nitrogen and oxygen atoms in total. The van der Waals surface area contributed by atoms with Gasteiger partial charge in [-0.05, 0) is 17.7 Å². The minimum Gasteiger partial charge on any atom is -0.378 e. The zero-order valence-electron chi connectivity index (χ0n) is 11.5. The summed E-state index contributed by atoms with van der Waals surface area (Å²) >= 11 is 0. The van der Waals surface area contributed by atoms with E-state index in [4.69, 9.17) is 0 Å². The Balaban J connectivity index is 1.90. The van der Waals surface area contributed by atoms with Gasteiger partial charge in [0.2, 0.25) is 0 Å². The largest absolute Gasteiger partial charge is 0.378 e. The summed E-state index contributed by atoms with van der Waals surface area (Å²) in [4.78, 5) is 13.2. The van der Waals surface area contributed by atoms with Crippen molar-refractivity contribution in [1.29, 1.82) is 0 Å². The molecule has 3 rings (SSSR count). The predicted octanol–water partition coefficient (Wildman–Crippen LogP) is 2.45. The molecular formula is C16H15FN2O2. The molecule has 5 heteroatoms. The van der Waals surface area contributed by atoms with Gasteiger partial charge in [0.15, 0.2) is 6.10 Å². The first-order chi connectivity index (χ1) is 10.1. The Morgan fingerprint density at radius 2 is 2.00 bits per heavy atom. The lowest BCUT2D eigenvalue weighted by Gasteiger charge is -2.21. The molecule has 1 unspecified atom stereocenters. The van der Waals surface area contributed by atoms with Gasteiger partial charge in [-0.1, -0.05) is 30.3 Å². The van der Waals surface area contributed by atoms with Crippen molar-refractivity contribution in [3.63, 3.8) is 0 Å². The fraction of sp³-hybridized carbons (Fsp3) is 0.188. The standard InChI is InChI=1S/C16H15FN2O2/c1-19(9-10-5-3-2-4-6-10)14-8-13-11(7-12(14)17)15(20)16(21)18-13/h2-8,15,20H,9H2,1H3,(H,18,21). The van der Waals surface area contributed by atoms with Gasteiger partial charge in [-0.15, -0.1) is 0 Å². The van der Waals surface area contributed by atoms with Crippen molar-refractivity contribution < 1.29 is 14.3 Å². The predicted molar refractivity (Wildman–Crippen MR) is 78.5 cm³/mol. The van der Waals surface area contributed by atoms with Gasteiger partial charge in [-0.2, -0.15) is 0 Å². The number of halogens is 1. The van der Waals surface area contributed by atoms with Crippen molar-refractivity contribution in [1.82, 2.24) is 0 Å². The van der Waals surface area contributed by atoms with E-state index >= 15 is 0 Å². The second kappa shape index (κ2) is 5.18. The summed E-state index contributed by atoms with van der Waals surface area (Å²) in [6.45, 7) is 0.549. The highest BCUT2D eigenvalue weighted by Gasteiger charge is 2.30. The van der Waals surface area contributed by atoms with Crippen LogP contribution in [0.1, 0.15) is 17.2 Å².